The minimum Gasteiger partial charge on any atom is -0.272 e. The molecule has 1 saturated carbocycles. The molecule has 0 unspecified atom stereocenters. The summed E-state index contributed by atoms with van der Waals surface area (Å²) in [6, 6.07) is 19.6. The van der Waals surface area contributed by atoms with Gasteiger partial charge in [-0.1, -0.05) is 60.7 Å². The summed E-state index contributed by atoms with van der Waals surface area (Å²) in [6.45, 7) is 0.387. The van der Waals surface area contributed by atoms with Gasteiger partial charge in [-0.05, 0) is 42.4 Å². The van der Waals surface area contributed by atoms with Crippen LogP contribution in [0.1, 0.15) is 18.4 Å². The summed E-state index contributed by atoms with van der Waals surface area (Å²) in [7, 11) is 0. The zero-order valence-electron chi connectivity index (χ0n) is 13.5. The number of benzene rings is 2. The van der Waals surface area contributed by atoms with E-state index in [1.54, 1.807) is 0 Å². The van der Waals surface area contributed by atoms with Crippen LogP contribution in [0.15, 0.2) is 72.8 Å². The van der Waals surface area contributed by atoms with Crippen molar-refractivity contribution in [2.75, 3.05) is 5.06 Å². The molecule has 122 valence electrons. The van der Waals surface area contributed by atoms with Crippen molar-refractivity contribution in [2.24, 2.45) is 17.8 Å². The van der Waals surface area contributed by atoms with Gasteiger partial charge in [-0.2, -0.15) is 5.06 Å². The number of hydrogen-bond donors (Lipinski definition) is 0. The lowest BCUT2D eigenvalue weighted by Crippen LogP contribution is -2.37. The first-order valence-electron chi connectivity index (χ1n) is 8.55. The molecule has 1 fully saturated rings. The van der Waals surface area contributed by atoms with Crippen molar-refractivity contribution in [1.29, 1.82) is 0 Å². The van der Waals surface area contributed by atoms with Crippen LogP contribution < -0.4 is 5.06 Å². The van der Waals surface area contributed by atoms with Crippen LogP contribution >= 0.6 is 0 Å². The van der Waals surface area contributed by atoms with Crippen LogP contribution in [0.3, 0.4) is 0 Å². The van der Waals surface area contributed by atoms with Crippen molar-refractivity contribution in [3.8, 4) is 0 Å². The van der Waals surface area contributed by atoms with E-state index in [1.165, 1.54) is 5.06 Å². The Morgan fingerprint density at radius 2 is 1.67 bits per heavy atom. The molecule has 2 aromatic rings. The molecule has 0 N–H and O–H groups in total. The maximum absolute atomic E-state index is 13.1. The van der Waals surface area contributed by atoms with Gasteiger partial charge in [0.05, 0.1) is 5.69 Å². The zero-order chi connectivity index (χ0) is 16.4. The van der Waals surface area contributed by atoms with Gasteiger partial charge in [-0.3, -0.25) is 9.63 Å². The Hall–Kier alpha value is -2.39. The molecule has 2 aliphatic carbocycles. The lowest BCUT2D eigenvalue weighted by molar-refractivity contribution is -0.131. The standard InChI is InChI=1S/C21H21NO2/c23-21(20-14-17-11-12-18(20)13-17)22(19-9-5-2-6-10-19)24-15-16-7-3-1-4-8-16/h1-12,17-18,20H,13-15H2/t17-,18+,20-/m1/s1. The lowest BCUT2D eigenvalue weighted by Gasteiger charge is -2.27. The number of anilines is 1. The molecule has 2 aliphatic rings. The average molecular weight is 319 g/mol. The number of hydroxylamine groups is 1. The van der Waals surface area contributed by atoms with Crippen molar-refractivity contribution in [1.82, 2.24) is 0 Å². The van der Waals surface area contributed by atoms with Gasteiger partial charge in [0.1, 0.15) is 6.61 Å². The van der Waals surface area contributed by atoms with Gasteiger partial charge in [-0.25, -0.2) is 0 Å². The molecule has 24 heavy (non-hydrogen) atoms. The molecule has 0 heterocycles. The van der Waals surface area contributed by atoms with Gasteiger partial charge in [0, 0.05) is 5.92 Å². The fraction of sp³-hybridized carbons (Fsp3) is 0.286. The van der Waals surface area contributed by atoms with Crippen LogP contribution in [0, 0.1) is 17.8 Å². The zero-order valence-corrected chi connectivity index (χ0v) is 13.5. The van der Waals surface area contributed by atoms with Gasteiger partial charge in [0.25, 0.3) is 5.91 Å². The van der Waals surface area contributed by atoms with E-state index in [9.17, 15) is 4.79 Å². The van der Waals surface area contributed by atoms with Gasteiger partial charge in [-0.15, -0.1) is 0 Å². The number of carbonyl (C=O) groups excluding carboxylic acids is 1. The fourth-order valence-corrected chi connectivity index (χ4v) is 3.76. The predicted molar refractivity (Wildman–Crippen MR) is 94.0 cm³/mol. The Labute approximate surface area is 142 Å². The monoisotopic (exact) mass is 319 g/mol. The molecule has 0 radical (unpaired) electrons. The Morgan fingerprint density at radius 3 is 2.29 bits per heavy atom. The number of hydrogen-bond acceptors (Lipinski definition) is 2. The average Bonchev–Trinajstić information content (AvgIpc) is 3.27. The van der Waals surface area contributed by atoms with E-state index in [0.29, 0.717) is 18.4 Å². The summed E-state index contributed by atoms with van der Waals surface area (Å²) in [5.41, 5.74) is 1.85. The Bertz CT molecular complexity index is 726. The molecule has 4 rings (SSSR count). The molecular weight excluding hydrogens is 298 g/mol. The first-order valence-corrected chi connectivity index (χ1v) is 8.55. The van der Waals surface area contributed by atoms with E-state index in [0.717, 1.165) is 24.1 Å². The van der Waals surface area contributed by atoms with Gasteiger partial charge in [0.15, 0.2) is 0 Å². The van der Waals surface area contributed by atoms with E-state index in [4.69, 9.17) is 4.84 Å². The van der Waals surface area contributed by atoms with Crippen molar-refractivity contribution < 1.29 is 9.63 Å². The third-order valence-corrected chi connectivity index (χ3v) is 4.99. The van der Waals surface area contributed by atoms with E-state index < -0.39 is 0 Å². The molecule has 1 amide bonds. The number of fused-ring (bicyclic) bond motifs is 2. The van der Waals surface area contributed by atoms with Crippen LogP contribution in [0.4, 0.5) is 5.69 Å². The van der Waals surface area contributed by atoms with Gasteiger partial charge < -0.3 is 0 Å². The fourth-order valence-electron chi connectivity index (χ4n) is 3.76. The van der Waals surface area contributed by atoms with Crippen LogP contribution in [0.25, 0.3) is 0 Å². The van der Waals surface area contributed by atoms with Crippen LogP contribution in [0.5, 0.6) is 0 Å². The Morgan fingerprint density at radius 1 is 0.958 bits per heavy atom. The Kier molecular flexibility index (Phi) is 4.18. The number of allylic oxidation sites excluding steroid dienone is 2. The third-order valence-electron chi connectivity index (χ3n) is 4.99. The molecule has 0 aliphatic heterocycles. The molecule has 0 saturated heterocycles. The minimum atomic E-state index is 0.0379. The minimum absolute atomic E-state index is 0.0379. The van der Waals surface area contributed by atoms with E-state index in [2.05, 4.69) is 12.2 Å². The lowest BCUT2D eigenvalue weighted by atomic mass is 9.92. The second kappa shape index (κ2) is 6.62. The maximum Gasteiger partial charge on any atom is 0.254 e. The van der Waals surface area contributed by atoms with Crippen LogP contribution in [-0.2, 0) is 16.2 Å². The molecular formula is C21H21NO2. The Balaban J connectivity index is 1.54. The summed E-state index contributed by atoms with van der Waals surface area (Å²) in [5.74, 6) is 1.05. The molecule has 3 atom stereocenters. The second-order valence-corrected chi connectivity index (χ2v) is 6.61. The number of rotatable bonds is 5. The molecule has 2 bridgehead atoms. The smallest absolute Gasteiger partial charge is 0.254 e. The van der Waals surface area contributed by atoms with E-state index in [1.807, 2.05) is 60.7 Å². The predicted octanol–water partition coefficient (Wildman–Crippen LogP) is 4.36. The highest BCUT2D eigenvalue weighted by atomic mass is 16.7. The topological polar surface area (TPSA) is 29.5 Å². The summed E-state index contributed by atoms with van der Waals surface area (Å²) < 4.78 is 0. The highest BCUT2D eigenvalue weighted by Gasteiger charge is 2.42. The van der Waals surface area contributed by atoms with Crippen molar-refractivity contribution in [3.05, 3.63) is 78.4 Å². The highest BCUT2D eigenvalue weighted by molar-refractivity contribution is 5.93. The quantitative estimate of drug-likeness (QED) is 0.605. The first kappa shape index (κ1) is 15.2. The van der Waals surface area contributed by atoms with Crippen molar-refractivity contribution in [3.63, 3.8) is 0 Å². The van der Waals surface area contributed by atoms with Crippen molar-refractivity contribution >= 4 is 11.6 Å². The highest BCUT2D eigenvalue weighted by Crippen LogP contribution is 2.44. The second-order valence-electron chi connectivity index (χ2n) is 6.61. The molecule has 3 nitrogen and oxygen atoms in total. The summed E-state index contributed by atoms with van der Waals surface area (Å²) >= 11 is 0. The third kappa shape index (κ3) is 3.00. The number of nitrogens with zero attached hydrogens (tertiary/aromatic N) is 1. The van der Waals surface area contributed by atoms with Crippen LogP contribution in [-0.4, -0.2) is 5.91 Å². The van der Waals surface area contributed by atoms with E-state index in [-0.39, 0.29) is 11.8 Å². The molecule has 0 spiro atoms. The van der Waals surface area contributed by atoms with Gasteiger partial charge in [0.2, 0.25) is 0 Å². The normalized spacial score (nSPS) is 24.2. The SMILES string of the molecule is O=C([C@@H]1C[C@@H]2C=C[C@H]1C2)N(OCc1ccccc1)c1ccccc1. The molecule has 3 heteroatoms. The first-order chi connectivity index (χ1) is 11.8. The molecule has 2 aromatic carbocycles. The summed E-state index contributed by atoms with van der Waals surface area (Å²) in [6.07, 6.45) is 6.51. The van der Waals surface area contributed by atoms with E-state index >= 15 is 0 Å². The number of carbonyl (C=O) groups is 1. The number of amides is 1. The summed E-state index contributed by atoms with van der Waals surface area (Å²) in [4.78, 5) is 19.1. The van der Waals surface area contributed by atoms with Crippen molar-refractivity contribution in [2.45, 2.75) is 19.4 Å². The molecule has 0 aromatic heterocycles. The largest absolute Gasteiger partial charge is 0.272 e. The van der Waals surface area contributed by atoms with Gasteiger partial charge >= 0.3 is 0 Å². The summed E-state index contributed by atoms with van der Waals surface area (Å²) in [5, 5.41) is 1.51. The maximum atomic E-state index is 13.1. The number of para-hydroxylation sites is 1. The van der Waals surface area contributed by atoms with Crippen LogP contribution in [0.2, 0.25) is 0 Å².